The van der Waals surface area contributed by atoms with E-state index in [4.69, 9.17) is 0 Å². The Balaban J connectivity index is 2.71. The number of aromatic nitrogens is 2. The number of halogens is 1. The third-order valence-electron chi connectivity index (χ3n) is 1.91. The zero-order chi connectivity index (χ0) is 10.1. The second-order valence-electron chi connectivity index (χ2n) is 2.68. The lowest BCUT2D eigenvalue weighted by Gasteiger charge is -2.01. The van der Waals surface area contributed by atoms with Crippen LogP contribution in [0, 0.1) is 0 Å². The van der Waals surface area contributed by atoms with Crippen LogP contribution in [0.5, 0.6) is 0 Å². The number of carbonyl (C=O) groups excluding carboxylic acids is 1. The van der Waals surface area contributed by atoms with Gasteiger partial charge in [-0.2, -0.15) is 0 Å². The molecule has 0 aliphatic heterocycles. The number of methoxy groups -OCH3 is 1. The maximum atomic E-state index is 11.3. The smallest absolute Gasteiger partial charge is 0.358 e. The summed E-state index contributed by atoms with van der Waals surface area (Å²) in [6.07, 6.45) is 3.33. The number of rotatable bonds is 1. The molecule has 0 atom stereocenters. The van der Waals surface area contributed by atoms with Crippen LogP contribution in [-0.2, 0) is 4.74 Å². The van der Waals surface area contributed by atoms with Gasteiger partial charge in [0.05, 0.1) is 17.2 Å². The highest BCUT2D eigenvalue weighted by atomic mass is 79.9. The van der Waals surface area contributed by atoms with Gasteiger partial charge in [0, 0.05) is 12.4 Å². The lowest BCUT2D eigenvalue weighted by Crippen LogP contribution is -2.06. The Morgan fingerprint density at radius 2 is 2.36 bits per heavy atom. The van der Waals surface area contributed by atoms with E-state index in [0.717, 1.165) is 10.1 Å². The van der Waals surface area contributed by atoms with Gasteiger partial charge in [0.2, 0.25) is 0 Å². The van der Waals surface area contributed by atoms with Crippen molar-refractivity contribution in [2.75, 3.05) is 7.11 Å². The van der Waals surface area contributed by atoms with Crippen molar-refractivity contribution in [1.29, 1.82) is 0 Å². The molecule has 4 nitrogen and oxygen atoms in total. The van der Waals surface area contributed by atoms with E-state index in [1.165, 1.54) is 7.11 Å². The molecule has 0 aromatic carbocycles. The summed E-state index contributed by atoms with van der Waals surface area (Å²) in [5.74, 6) is -0.429. The molecular weight excluding hydrogens is 248 g/mol. The second kappa shape index (κ2) is 3.42. The van der Waals surface area contributed by atoms with Crippen molar-refractivity contribution in [1.82, 2.24) is 9.38 Å². The van der Waals surface area contributed by atoms with Gasteiger partial charge in [-0.15, -0.1) is 0 Å². The van der Waals surface area contributed by atoms with Gasteiger partial charge < -0.3 is 9.14 Å². The zero-order valence-corrected chi connectivity index (χ0v) is 8.98. The van der Waals surface area contributed by atoms with Gasteiger partial charge in [-0.25, -0.2) is 9.78 Å². The molecule has 5 heteroatoms. The molecule has 72 valence electrons. The van der Waals surface area contributed by atoms with Crippen molar-refractivity contribution in [3.8, 4) is 0 Å². The van der Waals surface area contributed by atoms with E-state index in [9.17, 15) is 4.79 Å². The number of fused-ring (bicyclic) bond motifs is 1. The molecular formula is C9H7BrN2O2. The molecule has 2 aromatic heterocycles. The summed E-state index contributed by atoms with van der Waals surface area (Å²) in [5, 5.41) is 0. The molecule has 14 heavy (non-hydrogen) atoms. The molecule has 2 aromatic rings. The summed E-state index contributed by atoms with van der Waals surface area (Å²) in [4.78, 5) is 15.3. The molecule has 0 N–H and O–H groups in total. The number of esters is 1. The Kier molecular flexibility index (Phi) is 2.25. The fourth-order valence-electron chi connectivity index (χ4n) is 1.26. The minimum absolute atomic E-state index is 0.320. The standard InChI is InChI=1S/C9H7BrN2O2/c1-14-9(13)8-6-2-3-7(10)12(6)5-4-11-8/h2-5H,1H3. The molecule has 0 saturated heterocycles. The topological polar surface area (TPSA) is 43.6 Å². The van der Waals surface area contributed by atoms with E-state index < -0.39 is 5.97 Å². The van der Waals surface area contributed by atoms with Crippen molar-refractivity contribution in [3.05, 3.63) is 34.8 Å². The van der Waals surface area contributed by atoms with Crippen molar-refractivity contribution in [3.63, 3.8) is 0 Å². The van der Waals surface area contributed by atoms with E-state index in [0.29, 0.717) is 5.69 Å². The second-order valence-corrected chi connectivity index (χ2v) is 3.49. The average Bonchev–Trinajstić information content (AvgIpc) is 2.59. The van der Waals surface area contributed by atoms with Gasteiger partial charge in [-0.05, 0) is 28.1 Å². The number of carbonyl (C=O) groups is 1. The van der Waals surface area contributed by atoms with Crippen LogP contribution < -0.4 is 0 Å². The predicted molar refractivity (Wildman–Crippen MR) is 54.2 cm³/mol. The molecule has 0 aliphatic carbocycles. The summed E-state index contributed by atoms with van der Waals surface area (Å²) in [7, 11) is 1.34. The van der Waals surface area contributed by atoms with Crippen molar-refractivity contribution >= 4 is 27.4 Å². The summed E-state index contributed by atoms with van der Waals surface area (Å²) in [6, 6.07) is 3.66. The molecule has 0 fully saturated rings. The quantitative estimate of drug-likeness (QED) is 0.731. The van der Waals surface area contributed by atoms with E-state index in [1.807, 2.05) is 16.5 Å². The van der Waals surface area contributed by atoms with Crippen molar-refractivity contribution < 1.29 is 9.53 Å². The van der Waals surface area contributed by atoms with Crippen LogP contribution in [0.25, 0.3) is 5.52 Å². The Hall–Kier alpha value is -1.36. The summed E-state index contributed by atoms with van der Waals surface area (Å²) in [5.41, 5.74) is 1.05. The highest BCUT2D eigenvalue weighted by molar-refractivity contribution is 9.10. The Labute approximate surface area is 88.6 Å². The third kappa shape index (κ3) is 1.29. The van der Waals surface area contributed by atoms with Crippen LogP contribution in [0.1, 0.15) is 10.5 Å². The molecule has 0 aliphatic rings. The summed E-state index contributed by atoms with van der Waals surface area (Å²) >= 11 is 3.36. The van der Waals surface area contributed by atoms with Crippen LogP contribution >= 0.6 is 15.9 Å². The SMILES string of the molecule is COC(=O)c1nccn2c(Br)ccc12. The maximum Gasteiger partial charge on any atom is 0.358 e. The normalized spacial score (nSPS) is 10.4. The summed E-state index contributed by atoms with van der Waals surface area (Å²) in [6.45, 7) is 0. The lowest BCUT2D eigenvalue weighted by molar-refractivity contribution is 0.0596. The number of hydrogen-bond acceptors (Lipinski definition) is 3. The Morgan fingerprint density at radius 3 is 3.07 bits per heavy atom. The van der Waals surface area contributed by atoms with Gasteiger partial charge >= 0.3 is 5.97 Å². The summed E-state index contributed by atoms with van der Waals surface area (Å²) < 4.78 is 7.32. The highest BCUT2D eigenvalue weighted by Crippen LogP contribution is 2.17. The molecule has 0 spiro atoms. The van der Waals surface area contributed by atoms with Gasteiger partial charge in [-0.3, -0.25) is 0 Å². The van der Waals surface area contributed by atoms with Gasteiger partial charge in [0.25, 0.3) is 0 Å². The number of ether oxygens (including phenoxy) is 1. The molecule has 2 heterocycles. The minimum atomic E-state index is -0.429. The Morgan fingerprint density at radius 1 is 1.57 bits per heavy atom. The number of hydrogen-bond donors (Lipinski definition) is 0. The zero-order valence-electron chi connectivity index (χ0n) is 7.40. The first-order valence-corrected chi connectivity index (χ1v) is 4.73. The van der Waals surface area contributed by atoms with Crippen LogP contribution in [0.2, 0.25) is 0 Å². The monoisotopic (exact) mass is 254 g/mol. The first-order chi connectivity index (χ1) is 6.74. The average molecular weight is 255 g/mol. The molecule has 2 rings (SSSR count). The van der Waals surface area contributed by atoms with Crippen molar-refractivity contribution in [2.24, 2.45) is 0 Å². The predicted octanol–water partition coefficient (Wildman–Crippen LogP) is 1.88. The van der Waals surface area contributed by atoms with Crippen LogP contribution in [0.15, 0.2) is 29.1 Å². The molecule has 0 amide bonds. The number of nitrogens with zero attached hydrogens (tertiary/aromatic N) is 2. The molecule has 0 radical (unpaired) electrons. The van der Waals surface area contributed by atoms with Crippen molar-refractivity contribution in [2.45, 2.75) is 0 Å². The van der Waals surface area contributed by atoms with Crippen LogP contribution in [0.4, 0.5) is 0 Å². The fourth-order valence-corrected chi connectivity index (χ4v) is 1.70. The minimum Gasteiger partial charge on any atom is -0.464 e. The first kappa shape index (κ1) is 9.21. The van der Waals surface area contributed by atoms with Crippen LogP contribution in [-0.4, -0.2) is 22.5 Å². The maximum absolute atomic E-state index is 11.3. The Bertz CT molecular complexity index is 493. The molecule has 0 saturated carbocycles. The van der Waals surface area contributed by atoms with E-state index >= 15 is 0 Å². The van der Waals surface area contributed by atoms with E-state index in [1.54, 1.807) is 12.4 Å². The lowest BCUT2D eigenvalue weighted by atomic mass is 10.3. The van der Waals surface area contributed by atoms with Gasteiger partial charge in [-0.1, -0.05) is 0 Å². The van der Waals surface area contributed by atoms with E-state index in [2.05, 4.69) is 25.7 Å². The third-order valence-corrected chi connectivity index (χ3v) is 2.56. The molecule has 0 unspecified atom stereocenters. The fraction of sp³-hybridized carbons (Fsp3) is 0.111. The van der Waals surface area contributed by atoms with E-state index in [-0.39, 0.29) is 0 Å². The van der Waals surface area contributed by atoms with Gasteiger partial charge in [0.1, 0.15) is 0 Å². The molecule has 0 bridgehead atoms. The van der Waals surface area contributed by atoms with Gasteiger partial charge in [0.15, 0.2) is 5.69 Å². The van der Waals surface area contributed by atoms with Crippen LogP contribution in [0.3, 0.4) is 0 Å². The largest absolute Gasteiger partial charge is 0.464 e. The highest BCUT2D eigenvalue weighted by Gasteiger charge is 2.12. The first-order valence-electron chi connectivity index (χ1n) is 3.94.